The molecule has 4 unspecified atom stereocenters. The molecule has 0 spiro atoms. The Balaban J connectivity index is 1.02. The van der Waals surface area contributed by atoms with Crippen LogP contribution in [0, 0.1) is 0 Å². The summed E-state index contributed by atoms with van der Waals surface area (Å²) in [6.07, 6.45) is 12.1. The van der Waals surface area contributed by atoms with Crippen molar-refractivity contribution in [1.82, 2.24) is 9.80 Å². The zero-order valence-electron chi connectivity index (χ0n) is 35.4. The molecule has 318 valence electrons. The highest BCUT2D eigenvalue weighted by atomic mass is 32.2. The summed E-state index contributed by atoms with van der Waals surface area (Å²) in [6.45, 7) is 2.08. The number of fused-ring (bicyclic) bond motifs is 4. The third kappa shape index (κ3) is 8.29. The van der Waals surface area contributed by atoms with E-state index in [2.05, 4.69) is 56.2 Å². The Morgan fingerprint density at radius 3 is 1.45 bits per heavy atom. The van der Waals surface area contributed by atoms with Crippen molar-refractivity contribution in [2.45, 2.75) is 112 Å². The number of nitrogens with one attached hydrogen (secondary N) is 2. The molecule has 6 N–H and O–H groups in total. The SMILES string of the molecule is CC(c1ccc(S(N)(=O)=NC(=O)Nc2c3c(c(CC(c4ccc(S(N)(=O)=NC(=O)Nc5c6c(cc7c5CCC7)CCC6)cc4)N(C)C)c4c2CCC4)CCC3)cc1)N(C)C. The lowest BCUT2D eigenvalue weighted by molar-refractivity contribution is 0.259. The molecule has 12 nitrogen and oxygen atoms in total. The van der Waals surface area contributed by atoms with Crippen molar-refractivity contribution >= 4 is 43.3 Å². The van der Waals surface area contributed by atoms with Crippen LogP contribution in [-0.4, -0.2) is 58.5 Å². The van der Waals surface area contributed by atoms with Gasteiger partial charge in [-0.05, 0) is 204 Å². The summed E-state index contributed by atoms with van der Waals surface area (Å²) < 4.78 is 35.5. The van der Waals surface area contributed by atoms with Gasteiger partial charge in [0.05, 0.1) is 9.79 Å². The van der Waals surface area contributed by atoms with Crippen molar-refractivity contribution < 1.29 is 18.0 Å². The molecule has 0 saturated carbocycles. The van der Waals surface area contributed by atoms with Gasteiger partial charge in [-0.3, -0.25) is 0 Å². The maximum absolute atomic E-state index is 13.8. The lowest BCUT2D eigenvalue weighted by Gasteiger charge is -2.28. The second kappa shape index (κ2) is 16.8. The van der Waals surface area contributed by atoms with E-state index in [1.807, 2.05) is 38.4 Å². The first-order valence-corrected chi connectivity index (χ1v) is 24.4. The van der Waals surface area contributed by atoms with Gasteiger partial charge in [-0.2, -0.15) is 0 Å². The number of hydrogen-bond acceptors (Lipinski definition) is 6. The third-order valence-corrected chi connectivity index (χ3v) is 16.0. The average molecular weight is 851 g/mol. The third-order valence-electron chi connectivity index (χ3n) is 13.2. The molecule has 0 radical (unpaired) electrons. The van der Waals surface area contributed by atoms with Crippen molar-refractivity contribution in [3.8, 4) is 0 Å². The van der Waals surface area contributed by atoms with E-state index in [0.29, 0.717) is 9.79 Å². The molecule has 0 saturated heterocycles. The molecule has 0 aliphatic heterocycles. The monoisotopic (exact) mass is 850 g/mol. The van der Waals surface area contributed by atoms with Gasteiger partial charge in [-0.15, -0.1) is 8.73 Å². The zero-order chi connectivity index (χ0) is 42.5. The summed E-state index contributed by atoms with van der Waals surface area (Å²) in [7, 11) is 1.10. The fraction of sp³-hybridized carbons (Fsp3) is 0.435. The highest BCUT2D eigenvalue weighted by molar-refractivity contribution is 7.92. The van der Waals surface area contributed by atoms with Crippen molar-refractivity contribution in [2.24, 2.45) is 19.0 Å². The van der Waals surface area contributed by atoms with Crippen LogP contribution in [0.5, 0.6) is 0 Å². The lowest BCUT2D eigenvalue weighted by atomic mass is 9.86. The molecule has 4 aromatic rings. The van der Waals surface area contributed by atoms with Gasteiger partial charge in [0.25, 0.3) is 0 Å². The van der Waals surface area contributed by atoms with Crippen molar-refractivity contribution in [2.75, 3.05) is 38.8 Å². The van der Waals surface area contributed by atoms with E-state index in [1.165, 1.54) is 38.9 Å². The first kappa shape index (κ1) is 42.3. The molecule has 14 heteroatoms. The smallest absolute Gasteiger partial charge is 0.305 e. The largest absolute Gasteiger partial charge is 0.354 e. The first-order valence-electron chi connectivity index (χ1n) is 21.2. The van der Waals surface area contributed by atoms with E-state index in [-0.39, 0.29) is 12.1 Å². The van der Waals surface area contributed by atoms with Crippen LogP contribution in [0.4, 0.5) is 21.0 Å². The zero-order valence-corrected chi connectivity index (χ0v) is 37.1. The topological polar surface area (TPSA) is 176 Å². The lowest BCUT2D eigenvalue weighted by Crippen LogP contribution is -2.24. The van der Waals surface area contributed by atoms with Crippen LogP contribution in [0.25, 0.3) is 0 Å². The summed E-state index contributed by atoms with van der Waals surface area (Å²) in [5, 5.41) is 18.6. The maximum Gasteiger partial charge on any atom is 0.354 e. The molecule has 0 heterocycles. The molecule has 4 atom stereocenters. The number of anilines is 2. The van der Waals surface area contributed by atoms with E-state index in [9.17, 15) is 18.0 Å². The van der Waals surface area contributed by atoms with Crippen LogP contribution in [0.15, 0.2) is 73.1 Å². The number of carbonyl (C=O) groups excluding carboxylic acids is 2. The Bertz CT molecular complexity index is 2550. The van der Waals surface area contributed by atoms with Crippen molar-refractivity contribution in [1.29, 1.82) is 0 Å². The Morgan fingerprint density at radius 2 is 1.00 bits per heavy atom. The second-order valence-corrected chi connectivity index (χ2v) is 20.9. The summed E-state index contributed by atoms with van der Waals surface area (Å²) in [6, 6.07) is 15.5. The number of nitrogens with zero attached hydrogens (tertiary/aromatic N) is 4. The van der Waals surface area contributed by atoms with Crippen LogP contribution in [0.2, 0.25) is 0 Å². The van der Waals surface area contributed by atoms with E-state index >= 15 is 0 Å². The molecule has 4 aromatic carbocycles. The number of urea groups is 2. The van der Waals surface area contributed by atoms with E-state index in [1.54, 1.807) is 24.3 Å². The number of aryl methyl sites for hydroxylation is 2. The Labute approximate surface area is 355 Å². The normalized spacial score (nSPS) is 18.2. The van der Waals surface area contributed by atoms with Crippen LogP contribution >= 0.6 is 0 Å². The van der Waals surface area contributed by atoms with Gasteiger partial charge in [0.1, 0.15) is 19.8 Å². The first-order chi connectivity index (χ1) is 28.6. The number of likely N-dealkylation sites (N-methyl/N-ethyl adjacent to an activating group) is 1. The second-order valence-electron chi connectivity index (χ2n) is 17.4. The number of carbonyl (C=O) groups is 2. The van der Waals surface area contributed by atoms with E-state index < -0.39 is 31.9 Å². The van der Waals surface area contributed by atoms with Crippen LogP contribution in [-0.2, 0) is 77.6 Å². The van der Waals surface area contributed by atoms with Gasteiger partial charge in [0, 0.05) is 23.5 Å². The minimum atomic E-state index is -3.52. The molecule has 4 aliphatic rings. The fourth-order valence-corrected chi connectivity index (χ4v) is 11.8. The van der Waals surface area contributed by atoms with Crippen molar-refractivity contribution in [3.63, 3.8) is 0 Å². The highest BCUT2D eigenvalue weighted by Crippen LogP contribution is 2.44. The molecule has 60 heavy (non-hydrogen) atoms. The van der Waals surface area contributed by atoms with Gasteiger partial charge in [-0.25, -0.2) is 28.3 Å². The van der Waals surface area contributed by atoms with Crippen LogP contribution < -0.4 is 20.9 Å². The summed E-state index contributed by atoms with van der Waals surface area (Å²) >= 11 is 0. The summed E-state index contributed by atoms with van der Waals surface area (Å²) in [5.74, 6) is 0. The van der Waals surface area contributed by atoms with Gasteiger partial charge in [-0.1, -0.05) is 30.3 Å². The van der Waals surface area contributed by atoms with E-state index in [4.69, 9.17) is 10.3 Å². The minimum Gasteiger partial charge on any atom is -0.305 e. The molecule has 4 amide bonds. The number of nitrogens with two attached hydrogens (primary N) is 2. The number of hydrogen-bond donors (Lipinski definition) is 4. The average Bonchev–Trinajstić information content (AvgIpc) is 4.05. The Hall–Kier alpha value is -4.44. The molecule has 0 fully saturated rings. The molecule has 4 aliphatic carbocycles. The minimum absolute atomic E-state index is 0.0192. The molecule has 0 aromatic heterocycles. The van der Waals surface area contributed by atoms with E-state index in [0.717, 1.165) is 117 Å². The van der Waals surface area contributed by atoms with Crippen LogP contribution in [0.1, 0.15) is 106 Å². The molecular weight excluding hydrogens is 793 g/mol. The summed E-state index contributed by atoms with van der Waals surface area (Å²) in [4.78, 5) is 31.7. The highest BCUT2D eigenvalue weighted by Gasteiger charge is 2.32. The molecular formula is C46H58N8O4S2. The number of rotatable bonds is 10. The van der Waals surface area contributed by atoms with Gasteiger partial charge in [0.2, 0.25) is 0 Å². The van der Waals surface area contributed by atoms with Gasteiger partial charge >= 0.3 is 12.1 Å². The Kier molecular flexibility index (Phi) is 11.8. The van der Waals surface area contributed by atoms with Gasteiger partial charge in [0.15, 0.2) is 0 Å². The fourth-order valence-electron chi connectivity index (χ4n) is 9.96. The number of benzene rings is 4. The summed E-state index contributed by atoms with van der Waals surface area (Å²) in [5.41, 5.74) is 14.8. The number of amides is 4. The molecule has 8 rings (SSSR count). The predicted octanol–water partition coefficient (Wildman–Crippen LogP) is 7.97. The quantitative estimate of drug-likeness (QED) is 0.126. The molecule has 0 bridgehead atoms. The maximum atomic E-state index is 13.8. The standard InChI is InChI=1S/C46H58N8O4S2/c1-28(53(2)3)29-18-22-33(23-19-29)59(47,57)52-46(56)50-44-39-16-8-14-37(39)41(38-15-9-17-40(38)44)27-42(54(4)5)30-20-24-34(25-21-30)60(48,58)51-45(55)49-43-35-12-6-10-31(35)26-32-11-7-13-36(32)43/h18-26,28,42H,6-17,27H2,1-5H3,(H3,47,50,52,56,57)(H3,48,49,51,55,58). The van der Waals surface area contributed by atoms with Crippen molar-refractivity contribution in [3.05, 3.63) is 116 Å². The Morgan fingerprint density at radius 1 is 0.600 bits per heavy atom. The van der Waals surface area contributed by atoms with Gasteiger partial charge < -0.3 is 20.4 Å². The predicted molar refractivity (Wildman–Crippen MR) is 240 cm³/mol. The van der Waals surface area contributed by atoms with Crippen LogP contribution in [0.3, 0.4) is 0 Å².